The molecule has 0 aliphatic heterocycles. The third kappa shape index (κ3) is 3.20. The lowest BCUT2D eigenvalue weighted by molar-refractivity contribution is 0.515. The van der Waals surface area contributed by atoms with Crippen molar-refractivity contribution in [2.24, 2.45) is 0 Å². The maximum atomic E-state index is 13.9. The van der Waals surface area contributed by atoms with E-state index in [0.29, 0.717) is 5.56 Å². The Balaban J connectivity index is 2.33. The number of benzene rings is 2. The van der Waals surface area contributed by atoms with Crippen LogP contribution in [-0.2, 0) is 6.42 Å². The van der Waals surface area contributed by atoms with Crippen LogP contribution in [0.15, 0.2) is 36.4 Å². The van der Waals surface area contributed by atoms with Gasteiger partial charge in [0.25, 0.3) is 0 Å². The van der Waals surface area contributed by atoms with Crippen molar-refractivity contribution in [2.75, 3.05) is 7.05 Å². The van der Waals surface area contributed by atoms with Gasteiger partial charge >= 0.3 is 0 Å². The Hall–Kier alpha value is -1.81. The highest BCUT2D eigenvalue weighted by Gasteiger charge is 2.17. The molecule has 20 heavy (non-hydrogen) atoms. The second-order valence-corrected chi connectivity index (χ2v) is 4.81. The summed E-state index contributed by atoms with van der Waals surface area (Å²) >= 11 is 0. The fraction of sp³-hybridized carbons (Fsp3) is 0.250. The fourth-order valence-electron chi connectivity index (χ4n) is 2.22. The van der Waals surface area contributed by atoms with E-state index in [-0.39, 0.29) is 17.8 Å². The van der Waals surface area contributed by atoms with Gasteiger partial charge in [0.1, 0.15) is 17.5 Å². The van der Waals surface area contributed by atoms with Gasteiger partial charge < -0.3 is 5.32 Å². The van der Waals surface area contributed by atoms with Crippen LogP contribution in [0.5, 0.6) is 0 Å². The molecular weight excluding hydrogens is 263 g/mol. The van der Waals surface area contributed by atoms with Crippen LogP contribution >= 0.6 is 0 Å². The van der Waals surface area contributed by atoms with E-state index < -0.39 is 17.7 Å². The maximum absolute atomic E-state index is 13.9. The number of hydrogen-bond donors (Lipinski definition) is 1. The minimum Gasteiger partial charge on any atom is -0.313 e. The smallest absolute Gasteiger partial charge is 0.128 e. The Kier molecular flexibility index (Phi) is 4.45. The van der Waals surface area contributed by atoms with Gasteiger partial charge in [-0.05, 0) is 50.2 Å². The molecule has 0 aliphatic rings. The van der Waals surface area contributed by atoms with E-state index >= 15 is 0 Å². The van der Waals surface area contributed by atoms with Crippen LogP contribution in [0, 0.1) is 24.4 Å². The quantitative estimate of drug-likeness (QED) is 0.894. The summed E-state index contributed by atoms with van der Waals surface area (Å²) in [7, 11) is 1.67. The Morgan fingerprint density at radius 2 is 1.70 bits per heavy atom. The van der Waals surface area contributed by atoms with Crippen molar-refractivity contribution in [3.8, 4) is 0 Å². The Bertz CT molecular complexity index is 611. The first-order valence-corrected chi connectivity index (χ1v) is 6.38. The molecule has 0 heterocycles. The maximum Gasteiger partial charge on any atom is 0.128 e. The summed E-state index contributed by atoms with van der Waals surface area (Å²) in [6.07, 6.45) is 0.181. The van der Waals surface area contributed by atoms with Gasteiger partial charge in [-0.1, -0.05) is 17.7 Å². The van der Waals surface area contributed by atoms with Crippen molar-refractivity contribution in [1.82, 2.24) is 5.32 Å². The molecule has 0 aliphatic carbocycles. The van der Waals surface area contributed by atoms with Crippen LogP contribution in [0.4, 0.5) is 13.2 Å². The Morgan fingerprint density at radius 1 is 1.00 bits per heavy atom. The molecule has 1 atom stereocenters. The van der Waals surface area contributed by atoms with E-state index in [1.807, 2.05) is 6.92 Å². The molecule has 1 nitrogen and oxygen atoms in total. The van der Waals surface area contributed by atoms with Crippen molar-refractivity contribution < 1.29 is 13.2 Å². The number of aryl methyl sites for hydroxylation is 1. The van der Waals surface area contributed by atoms with Gasteiger partial charge in [-0.15, -0.1) is 0 Å². The van der Waals surface area contributed by atoms with Crippen LogP contribution in [0.1, 0.15) is 22.7 Å². The number of rotatable bonds is 4. The predicted octanol–water partition coefficient (Wildman–Crippen LogP) is 3.92. The van der Waals surface area contributed by atoms with Gasteiger partial charge in [0.15, 0.2) is 0 Å². The van der Waals surface area contributed by atoms with E-state index in [1.54, 1.807) is 19.2 Å². The third-order valence-corrected chi connectivity index (χ3v) is 3.31. The fourth-order valence-corrected chi connectivity index (χ4v) is 2.22. The Labute approximate surface area is 116 Å². The van der Waals surface area contributed by atoms with Gasteiger partial charge in [0.05, 0.1) is 0 Å². The van der Waals surface area contributed by atoms with Crippen LogP contribution in [0.25, 0.3) is 0 Å². The van der Waals surface area contributed by atoms with Crippen molar-refractivity contribution in [3.63, 3.8) is 0 Å². The van der Waals surface area contributed by atoms with Crippen LogP contribution in [0.3, 0.4) is 0 Å². The first-order valence-electron chi connectivity index (χ1n) is 6.38. The van der Waals surface area contributed by atoms with Crippen LogP contribution in [0.2, 0.25) is 0 Å². The van der Waals surface area contributed by atoms with Gasteiger partial charge in [-0.2, -0.15) is 0 Å². The highest BCUT2D eigenvalue weighted by Crippen LogP contribution is 2.23. The van der Waals surface area contributed by atoms with E-state index in [9.17, 15) is 13.2 Å². The minimum atomic E-state index is -0.499. The van der Waals surface area contributed by atoms with Gasteiger partial charge in [-0.25, -0.2) is 13.2 Å². The van der Waals surface area contributed by atoms with E-state index in [1.165, 1.54) is 6.07 Å². The van der Waals surface area contributed by atoms with Crippen molar-refractivity contribution in [3.05, 3.63) is 70.5 Å². The first-order chi connectivity index (χ1) is 9.51. The zero-order valence-corrected chi connectivity index (χ0v) is 11.4. The molecule has 0 saturated heterocycles. The SMILES string of the molecule is CNC(Cc1cc(F)ccc1F)c1cc(C)ccc1F. The lowest BCUT2D eigenvalue weighted by Gasteiger charge is -2.18. The molecule has 4 heteroatoms. The van der Waals surface area contributed by atoms with E-state index in [2.05, 4.69) is 5.32 Å². The molecule has 106 valence electrons. The molecule has 1 N–H and O–H groups in total. The molecule has 0 spiro atoms. The lowest BCUT2D eigenvalue weighted by atomic mass is 9.97. The molecule has 0 aromatic heterocycles. The second kappa shape index (κ2) is 6.09. The molecule has 0 fully saturated rings. The van der Waals surface area contributed by atoms with Gasteiger partial charge in [0.2, 0.25) is 0 Å². The normalized spacial score (nSPS) is 12.4. The molecule has 2 rings (SSSR count). The molecule has 0 amide bonds. The number of hydrogen-bond acceptors (Lipinski definition) is 1. The predicted molar refractivity (Wildman–Crippen MR) is 73.0 cm³/mol. The first kappa shape index (κ1) is 14.6. The molecular formula is C16H16F3N. The molecule has 0 bridgehead atoms. The minimum absolute atomic E-state index is 0.181. The summed E-state index contributed by atoms with van der Waals surface area (Å²) in [6.45, 7) is 1.86. The summed E-state index contributed by atoms with van der Waals surface area (Å²) in [5.41, 5.74) is 1.60. The number of likely N-dealkylation sites (N-methyl/N-ethyl adjacent to an activating group) is 1. The zero-order valence-electron chi connectivity index (χ0n) is 11.4. The summed E-state index contributed by atoms with van der Waals surface area (Å²) in [5.74, 6) is -1.34. The Morgan fingerprint density at radius 3 is 2.40 bits per heavy atom. The monoisotopic (exact) mass is 279 g/mol. The standard InChI is InChI=1S/C16H16F3N/c1-10-3-5-15(19)13(7-10)16(20-2)9-11-8-12(17)4-6-14(11)18/h3-8,16,20H,9H2,1-2H3. The molecule has 2 aromatic carbocycles. The molecule has 2 aromatic rings. The number of nitrogens with one attached hydrogen (secondary N) is 1. The average Bonchev–Trinajstić information content (AvgIpc) is 2.42. The van der Waals surface area contributed by atoms with Gasteiger partial charge in [-0.3, -0.25) is 0 Å². The zero-order chi connectivity index (χ0) is 14.7. The van der Waals surface area contributed by atoms with Crippen LogP contribution < -0.4 is 5.32 Å². The average molecular weight is 279 g/mol. The highest BCUT2D eigenvalue weighted by atomic mass is 19.1. The third-order valence-electron chi connectivity index (χ3n) is 3.31. The van der Waals surface area contributed by atoms with E-state index in [0.717, 1.165) is 23.8 Å². The van der Waals surface area contributed by atoms with Crippen molar-refractivity contribution >= 4 is 0 Å². The molecule has 0 radical (unpaired) electrons. The summed E-state index contributed by atoms with van der Waals surface area (Å²) in [5, 5.41) is 2.95. The number of halogens is 3. The van der Waals surface area contributed by atoms with E-state index in [4.69, 9.17) is 0 Å². The lowest BCUT2D eigenvalue weighted by Crippen LogP contribution is -2.21. The van der Waals surface area contributed by atoms with Crippen molar-refractivity contribution in [1.29, 1.82) is 0 Å². The molecule has 0 saturated carbocycles. The topological polar surface area (TPSA) is 12.0 Å². The second-order valence-electron chi connectivity index (χ2n) is 4.81. The summed E-state index contributed by atoms with van der Waals surface area (Å²) in [6, 6.07) is 7.67. The summed E-state index contributed by atoms with van der Waals surface area (Å²) < 4.78 is 40.7. The highest BCUT2D eigenvalue weighted by molar-refractivity contribution is 5.29. The van der Waals surface area contributed by atoms with Crippen LogP contribution in [-0.4, -0.2) is 7.05 Å². The van der Waals surface area contributed by atoms with Gasteiger partial charge in [0, 0.05) is 11.6 Å². The summed E-state index contributed by atoms with van der Waals surface area (Å²) in [4.78, 5) is 0. The van der Waals surface area contributed by atoms with Crippen molar-refractivity contribution in [2.45, 2.75) is 19.4 Å². The molecule has 1 unspecified atom stereocenters. The largest absolute Gasteiger partial charge is 0.313 e.